The molecule has 5 heterocycles. The number of fused-ring (bicyclic) bond motifs is 2. The summed E-state index contributed by atoms with van der Waals surface area (Å²) in [5.74, 6) is 0.464. The van der Waals surface area contributed by atoms with Crippen molar-refractivity contribution in [2.24, 2.45) is 0 Å². The van der Waals surface area contributed by atoms with Crippen molar-refractivity contribution < 1.29 is 4.79 Å². The number of piperazine rings is 1. The second kappa shape index (κ2) is 7.60. The lowest BCUT2D eigenvalue weighted by Crippen LogP contribution is -2.43. The predicted octanol–water partition coefficient (Wildman–Crippen LogP) is 2.90. The van der Waals surface area contributed by atoms with Gasteiger partial charge in [-0.05, 0) is 44.1 Å². The van der Waals surface area contributed by atoms with Gasteiger partial charge in [0.25, 0.3) is 5.91 Å². The highest BCUT2D eigenvalue weighted by atomic mass is 16.2. The molecule has 1 amide bonds. The maximum Gasteiger partial charge on any atom is 0.255 e. The molecule has 32 heavy (non-hydrogen) atoms. The third-order valence-electron chi connectivity index (χ3n) is 6.37. The molecule has 1 saturated carbocycles. The summed E-state index contributed by atoms with van der Waals surface area (Å²) in [6, 6.07) is 2.06. The third kappa shape index (κ3) is 3.48. The van der Waals surface area contributed by atoms with Crippen molar-refractivity contribution in [3.63, 3.8) is 0 Å². The maximum atomic E-state index is 13.3. The molecule has 1 saturated heterocycles. The monoisotopic (exact) mass is 426 g/mol. The average molecular weight is 427 g/mol. The largest absolute Gasteiger partial charge is 0.368 e. The quantitative estimate of drug-likeness (QED) is 0.818. The average Bonchev–Trinajstić information content (AvgIpc) is 3.56. The Morgan fingerprint density at radius 2 is 1.91 bits per heavy atom. The summed E-state index contributed by atoms with van der Waals surface area (Å²) in [7, 11) is 0. The SMILES string of the molecule is Cc1cn2nc(C3=C\C(=O)N4C=C(N5CCNCC5)C=C\C4=C/C=C/3)cc2c(C2CC2)n1. The smallest absolute Gasteiger partial charge is 0.255 e. The van der Waals surface area contributed by atoms with Crippen LogP contribution >= 0.6 is 0 Å². The first-order chi connectivity index (χ1) is 15.7. The van der Waals surface area contributed by atoms with Crippen molar-refractivity contribution in [3.8, 4) is 0 Å². The zero-order valence-corrected chi connectivity index (χ0v) is 18.2. The molecule has 0 atom stereocenters. The normalized spacial score (nSPS) is 25.4. The van der Waals surface area contributed by atoms with E-state index in [1.54, 1.807) is 11.0 Å². The van der Waals surface area contributed by atoms with E-state index in [4.69, 9.17) is 10.1 Å². The zero-order valence-electron chi connectivity index (χ0n) is 18.2. The first-order valence-corrected chi connectivity index (χ1v) is 11.3. The molecule has 3 aliphatic heterocycles. The highest BCUT2D eigenvalue weighted by molar-refractivity contribution is 5.99. The van der Waals surface area contributed by atoms with Crippen LogP contribution in [-0.2, 0) is 4.79 Å². The fraction of sp³-hybridized carbons (Fsp3) is 0.320. The molecule has 2 aromatic rings. The summed E-state index contributed by atoms with van der Waals surface area (Å²) in [5.41, 5.74) is 6.66. The van der Waals surface area contributed by atoms with Crippen LogP contribution < -0.4 is 5.32 Å². The molecule has 6 rings (SSSR count). The Hall–Kier alpha value is -3.45. The van der Waals surface area contributed by atoms with E-state index in [1.807, 2.05) is 48.1 Å². The van der Waals surface area contributed by atoms with Gasteiger partial charge in [-0.25, -0.2) is 4.52 Å². The molecule has 4 aliphatic rings. The second-order valence-electron chi connectivity index (χ2n) is 8.78. The van der Waals surface area contributed by atoms with Gasteiger partial charge in [0, 0.05) is 55.6 Å². The summed E-state index contributed by atoms with van der Waals surface area (Å²) in [4.78, 5) is 22.1. The molecule has 2 fully saturated rings. The van der Waals surface area contributed by atoms with Gasteiger partial charge in [0.1, 0.15) is 0 Å². The van der Waals surface area contributed by atoms with Crippen LogP contribution in [0.15, 0.2) is 66.3 Å². The summed E-state index contributed by atoms with van der Waals surface area (Å²) >= 11 is 0. The van der Waals surface area contributed by atoms with Gasteiger partial charge in [-0.1, -0.05) is 12.2 Å². The third-order valence-corrected chi connectivity index (χ3v) is 6.37. The van der Waals surface area contributed by atoms with Gasteiger partial charge in [0.05, 0.1) is 34.5 Å². The molecule has 1 N–H and O–H groups in total. The minimum atomic E-state index is -0.0682. The number of rotatable bonds is 3. The molecular weight excluding hydrogens is 400 g/mol. The maximum absolute atomic E-state index is 13.3. The first-order valence-electron chi connectivity index (χ1n) is 11.3. The Balaban J connectivity index is 1.36. The second-order valence-corrected chi connectivity index (χ2v) is 8.78. The predicted molar refractivity (Wildman–Crippen MR) is 123 cm³/mol. The van der Waals surface area contributed by atoms with E-state index < -0.39 is 0 Å². The van der Waals surface area contributed by atoms with Crippen LogP contribution in [0.4, 0.5) is 0 Å². The lowest BCUT2D eigenvalue weighted by Gasteiger charge is -2.33. The molecule has 0 radical (unpaired) electrons. The molecule has 1 aliphatic carbocycles. The van der Waals surface area contributed by atoms with Gasteiger partial charge in [-0.2, -0.15) is 5.10 Å². The summed E-state index contributed by atoms with van der Waals surface area (Å²) in [6.45, 7) is 5.80. The molecule has 7 nitrogen and oxygen atoms in total. The number of carbonyl (C=O) groups excluding carboxylic acids is 1. The lowest BCUT2D eigenvalue weighted by molar-refractivity contribution is -0.122. The number of aryl methyl sites for hydroxylation is 1. The van der Waals surface area contributed by atoms with Gasteiger partial charge >= 0.3 is 0 Å². The Morgan fingerprint density at radius 3 is 2.72 bits per heavy atom. The first kappa shape index (κ1) is 19.3. The molecule has 0 aromatic carbocycles. The van der Waals surface area contributed by atoms with Crippen LogP contribution in [0.2, 0.25) is 0 Å². The molecule has 162 valence electrons. The summed E-state index contributed by atoms with van der Waals surface area (Å²) in [5, 5.41) is 8.16. The van der Waals surface area contributed by atoms with Crippen molar-refractivity contribution in [1.82, 2.24) is 29.7 Å². The molecule has 0 spiro atoms. The molecule has 0 bridgehead atoms. The Morgan fingerprint density at radius 1 is 1.09 bits per heavy atom. The highest BCUT2D eigenvalue weighted by Crippen LogP contribution is 2.41. The number of hydrogen-bond donors (Lipinski definition) is 1. The lowest BCUT2D eigenvalue weighted by atomic mass is 10.1. The van der Waals surface area contributed by atoms with Crippen LogP contribution in [0.3, 0.4) is 0 Å². The topological polar surface area (TPSA) is 65.8 Å². The molecule has 0 unspecified atom stereocenters. The zero-order chi connectivity index (χ0) is 21.7. The van der Waals surface area contributed by atoms with Crippen LogP contribution in [0, 0.1) is 6.92 Å². The Kier molecular flexibility index (Phi) is 4.57. The van der Waals surface area contributed by atoms with Gasteiger partial charge in [0.15, 0.2) is 0 Å². The van der Waals surface area contributed by atoms with E-state index in [0.717, 1.165) is 65.7 Å². The minimum Gasteiger partial charge on any atom is -0.368 e. The number of amides is 1. The van der Waals surface area contributed by atoms with Gasteiger partial charge in [-0.3, -0.25) is 14.7 Å². The van der Waals surface area contributed by atoms with E-state index in [2.05, 4.69) is 22.4 Å². The number of carbonyl (C=O) groups is 1. The van der Waals surface area contributed by atoms with Gasteiger partial charge < -0.3 is 10.2 Å². The van der Waals surface area contributed by atoms with Crippen molar-refractivity contribution in [2.45, 2.75) is 25.7 Å². The summed E-state index contributed by atoms with van der Waals surface area (Å²) in [6.07, 6.45) is 18.0. The number of aromatic nitrogens is 3. The van der Waals surface area contributed by atoms with Crippen LogP contribution in [0.1, 0.15) is 35.8 Å². The van der Waals surface area contributed by atoms with Crippen molar-refractivity contribution in [3.05, 3.63) is 83.4 Å². The van der Waals surface area contributed by atoms with E-state index in [1.165, 1.54) is 12.8 Å². The standard InChI is InChI=1S/C25H26N6O/c1-17-15-31-23(25(27-17)18-5-6-18)14-22(28-31)19-3-2-4-20-7-8-21(16-30(20)24(32)13-19)29-11-9-26-10-12-29/h2-4,7-8,13-16,18,26H,5-6,9-12H2,1H3/b3-2+,19-13+,20-4+. The summed E-state index contributed by atoms with van der Waals surface area (Å²) < 4.78 is 1.91. The Labute approximate surface area is 187 Å². The fourth-order valence-corrected chi connectivity index (χ4v) is 4.53. The van der Waals surface area contributed by atoms with E-state index in [9.17, 15) is 4.79 Å². The van der Waals surface area contributed by atoms with Crippen LogP contribution in [-0.4, -0.2) is 56.5 Å². The van der Waals surface area contributed by atoms with E-state index >= 15 is 0 Å². The number of allylic oxidation sites excluding steroid dienone is 6. The minimum absolute atomic E-state index is 0.0682. The van der Waals surface area contributed by atoms with Crippen molar-refractivity contribution in [1.29, 1.82) is 0 Å². The van der Waals surface area contributed by atoms with E-state index in [0.29, 0.717) is 5.92 Å². The van der Waals surface area contributed by atoms with Crippen molar-refractivity contribution in [2.75, 3.05) is 26.2 Å². The Bertz CT molecular complexity index is 1250. The number of hydrogen-bond acceptors (Lipinski definition) is 5. The van der Waals surface area contributed by atoms with E-state index in [-0.39, 0.29) is 5.91 Å². The number of nitrogens with one attached hydrogen (secondary N) is 1. The molecular formula is C25H26N6O. The number of nitrogens with zero attached hydrogens (tertiary/aromatic N) is 5. The molecule has 7 heteroatoms. The van der Waals surface area contributed by atoms with Gasteiger partial charge in [0.2, 0.25) is 0 Å². The highest BCUT2D eigenvalue weighted by Gasteiger charge is 2.28. The van der Waals surface area contributed by atoms with Gasteiger partial charge in [-0.15, -0.1) is 0 Å². The molecule has 2 aromatic heterocycles. The van der Waals surface area contributed by atoms with Crippen LogP contribution in [0.25, 0.3) is 11.1 Å². The van der Waals surface area contributed by atoms with Crippen LogP contribution in [0.5, 0.6) is 0 Å². The van der Waals surface area contributed by atoms with Crippen molar-refractivity contribution >= 4 is 17.0 Å². The fourth-order valence-electron chi connectivity index (χ4n) is 4.53.